The number of fused-ring (bicyclic) bond motifs is 1. The van der Waals surface area contributed by atoms with E-state index >= 15 is 0 Å². The predicted molar refractivity (Wildman–Crippen MR) is 79.7 cm³/mol. The van der Waals surface area contributed by atoms with Crippen molar-refractivity contribution in [1.29, 1.82) is 0 Å². The Morgan fingerprint density at radius 2 is 2.14 bits per heavy atom. The number of aryl methyl sites for hydroxylation is 1. The van der Waals surface area contributed by atoms with Gasteiger partial charge in [-0.3, -0.25) is 4.79 Å². The molecular formula is C16H19NO4. The van der Waals surface area contributed by atoms with Gasteiger partial charge in [-0.2, -0.15) is 0 Å². The molecule has 1 N–H and O–H groups in total. The molecule has 0 aromatic heterocycles. The summed E-state index contributed by atoms with van der Waals surface area (Å²) in [5, 5.41) is 8.65. The van der Waals surface area contributed by atoms with Crippen molar-refractivity contribution in [2.75, 3.05) is 11.4 Å². The number of carbonyl (C=O) groups excluding carboxylic acids is 1. The smallest absolute Gasteiger partial charge is 0.328 e. The fourth-order valence-electron chi connectivity index (χ4n) is 2.36. The van der Waals surface area contributed by atoms with Gasteiger partial charge in [-0.15, -0.1) is 0 Å². The van der Waals surface area contributed by atoms with E-state index in [0.717, 1.165) is 36.3 Å². The van der Waals surface area contributed by atoms with Crippen LogP contribution in [0.25, 0.3) is 0 Å². The average Bonchev–Trinajstić information content (AvgIpc) is 2.50. The first-order valence-corrected chi connectivity index (χ1v) is 7.07. The number of aliphatic carboxylic acids is 1. The van der Waals surface area contributed by atoms with E-state index in [1.807, 2.05) is 32.0 Å². The first-order chi connectivity index (χ1) is 10.1. The lowest BCUT2D eigenvalue weighted by Gasteiger charge is -2.35. The zero-order valence-electron chi connectivity index (χ0n) is 12.2. The molecule has 1 aliphatic rings. The summed E-state index contributed by atoms with van der Waals surface area (Å²) < 4.78 is 5.97. The highest BCUT2D eigenvalue weighted by Gasteiger charge is 2.29. The molecule has 1 amide bonds. The van der Waals surface area contributed by atoms with E-state index in [4.69, 9.17) is 9.84 Å². The van der Waals surface area contributed by atoms with E-state index in [-0.39, 0.29) is 12.0 Å². The Bertz CT molecular complexity index is 580. The van der Waals surface area contributed by atoms with Crippen LogP contribution in [-0.2, 0) is 16.0 Å². The maximum Gasteiger partial charge on any atom is 0.328 e. The van der Waals surface area contributed by atoms with E-state index in [9.17, 15) is 9.59 Å². The quantitative estimate of drug-likeness (QED) is 0.864. The van der Waals surface area contributed by atoms with Crippen molar-refractivity contribution in [3.8, 4) is 5.75 Å². The molecule has 1 atom stereocenters. The van der Waals surface area contributed by atoms with Crippen LogP contribution in [0.4, 0.5) is 5.69 Å². The van der Waals surface area contributed by atoms with E-state index < -0.39 is 5.97 Å². The molecule has 1 aromatic carbocycles. The van der Waals surface area contributed by atoms with Crippen LogP contribution in [0.5, 0.6) is 5.75 Å². The molecule has 0 spiro atoms. The van der Waals surface area contributed by atoms with Gasteiger partial charge < -0.3 is 14.7 Å². The number of carboxylic acid groups (broad SMARTS) is 1. The summed E-state index contributed by atoms with van der Waals surface area (Å²) in [4.78, 5) is 24.4. The van der Waals surface area contributed by atoms with Gasteiger partial charge in [-0.1, -0.05) is 26.0 Å². The second kappa shape index (κ2) is 6.43. The highest BCUT2D eigenvalue weighted by molar-refractivity contribution is 6.05. The maximum absolute atomic E-state index is 12.2. The van der Waals surface area contributed by atoms with Crippen molar-refractivity contribution in [2.24, 2.45) is 0 Å². The summed E-state index contributed by atoms with van der Waals surface area (Å²) in [6, 6.07) is 5.69. The normalized spacial score (nSPS) is 17.4. The van der Waals surface area contributed by atoms with Crippen LogP contribution in [0, 0.1) is 0 Å². The second-order valence-corrected chi connectivity index (χ2v) is 4.89. The van der Waals surface area contributed by atoms with E-state index in [1.165, 1.54) is 0 Å². The molecule has 0 saturated heterocycles. The molecule has 0 aliphatic carbocycles. The van der Waals surface area contributed by atoms with Gasteiger partial charge in [0, 0.05) is 12.2 Å². The van der Waals surface area contributed by atoms with Gasteiger partial charge in [0.05, 0.1) is 12.2 Å². The highest BCUT2D eigenvalue weighted by atomic mass is 16.5. The zero-order valence-corrected chi connectivity index (χ0v) is 12.2. The minimum absolute atomic E-state index is 0.0765. The third kappa shape index (κ3) is 3.24. The van der Waals surface area contributed by atoms with E-state index in [1.54, 1.807) is 4.90 Å². The molecule has 0 bridgehead atoms. The molecule has 0 fully saturated rings. The van der Waals surface area contributed by atoms with E-state index in [2.05, 4.69) is 0 Å². The molecule has 0 radical (unpaired) electrons. The van der Waals surface area contributed by atoms with Crippen LogP contribution in [0.3, 0.4) is 0 Å². The van der Waals surface area contributed by atoms with Crippen molar-refractivity contribution in [3.05, 3.63) is 35.9 Å². The minimum atomic E-state index is -1.13. The average molecular weight is 289 g/mol. The van der Waals surface area contributed by atoms with Crippen molar-refractivity contribution in [3.63, 3.8) is 0 Å². The number of ether oxygens (including phenoxy) is 1. The number of carbonyl (C=O) groups is 2. The van der Waals surface area contributed by atoms with E-state index in [0.29, 0.717) is 12.2 Å². The lowest BCUT2D eigenvalue weighted by atomic mass is 10.1. The Labute approximate surface area is 123 Å². The Balaban J connectivity index is 2.39. The molecule has 0 saturated carbocycles. The molecule has 112 valence electrons. The number of hydrogen-bond donors (Lipinski definition) is 1. The summed E-state index contributed by atoms with van der Waals surface area (Å²) in [5.74, 6) is -0.741. The van der Waals surface area contributed by atoms with Crippen molar-refractivity contribution in [1.82, 2.24) is 0 Å². The highest BCUT2D eigenvalue weighted by Crippen LogP contribution is 2.37. The molecule has 1 heterocycles. The van der Waals surface area contributed by atoms with Gasteiger partial charge >= 0.3 is 5.97 Å². The van der Waals surface area contributed by atoms with Gasteiger partial charge in [0.2, 0.25) is 0 Å². The maximum atomic E-state index is 12.2. The number of amides is 1. The monoisotopic (exact) mass is 289 g/mol. The molecule has 21 heavy (non-hydrogen) atoms. The molecular weight excluding hydrogens is 270 g/mol. The third-order valence-corrected chi connectivity index (χ3v) is 3.51. The van der Waals surface area contributed by atoms with Crippen LogP contribution >= 0.6 is 0 Å². The largest absolute Gasteiger partial charge is 0.486 e. The van der Waals surface area contributed by atoms with Crippen LogP contribution in [0.1, 0.15) is 25.8 Å². The van der Waals surface area contributed by atoms with Crippen LogP contribution < -0.4 is 9.64 Å². The van der Waals surface area contributed by atoms with Gasteiger partial charge in [0.15, 0.2) is 0 Å². The predicted octanol–water partition coefficient (Wildman–Crippen LogP) is 2.39. The molecule has 2 rings (SSSR count). The van der Waals surface area contributed by atoms with Gasteiger partial charge in [0.25, 0.3) is 5.91 Å². The summed E-state index contributed by atoms with van der Waals surface area (Å²) in [5.41, 5.74) is 1.75. The Hall–Kier alpha value is -2.30. The number of rotatable bonds is 4. The SMILES string of the molecule is CCc1cccc2c1OC(CC)CN2C(=O)/C=C/C(=O)O. The first kappa shape index (κ1) is 15.1. The number of nitrogens with zero attached hydrogens (tertiary/aromatic N) is 1. The van der Waals surface area contributed by atoms with Crippen LogP contribution in [0.15, 0.2) is 30.4 Å². The zero-order chi connectivity index (χ0) is 15.4. The summed E-state index contributed by atoms with van der Waals surface area (Å²) >= 11 is 0. The van der Waals surface area contributed by atoms with Gasteiger partial charge in [-0.25, -0.2) is 4.79 Å². The fourth-order valence-corrected chi connectivity index (χ4v) is 2.36. The number of para-hydroxylation sites is 1. The molecule has 1 aliphatic heterocycles. The first-order valence-electron chi connectivity index (χ1n) is 7.07. The lowest BCUT2D eigenvalue weighted by molar-refractivity contribution is -0.131. The lowest BCUT2D eigenvalue weighted by Crippen LogP contribution is -2.43. The number of carboxylic acids is 1. The summed E-state index contributed by atoms with van der Waals surface area (Å²) in [7, 11) is 0. The second-order valence-electron chi connectivity index (χ2n) is 4.89. The number of hydrogen-bond acceptors (Lipinski definition) is 3. The minimum Gasteiger partial charge on any atom is -0.486 e. The van der Waals surface area contributed by atoms with Crippen LogP contribution in [0.2, 0.25) is 0 Å². The fraction of sp³-hybridized carbons (Fsp3) is 0.375. The molecule has 5 heteroatoms. The molecule has 1 unspecified atom stereocenters. The standard InChI is InChI=1S/C16H19NO4/c1-3-11-6-5-7-13-16(11)21-12(4-2)10-17(13)14(18)8-9-15(19)20/h5-9,12H,3-4,10H2,1-2H3,(H,19,20)/b9-8+. The van der Waals surface area contributed by atoms with Crippen LogP contribution in [-0.4, -0.2) is 29.6 Å². The summed E-state index contributed by atoms with van der Waals surface area (Å²) in [6.45, 7) is 4.46. The van der Waals surface area contributed by atoms with Crippen molar-refractivity contribution >= 4 is 17.6 Å². The molecule has 5 nitrogen and oxygen atoms in total. The van der Waals surface area contributed by atoms with Gasteiger partial charge in [-0.05, 0) is 24.5 Å². The summed E-state index contributed by atoms with van der Waals surface area (Å²) in [6.07, 6.45) is 3.47. The number of benzene rings is 1. The Morgan fingerprint density at radius 1 is 1.38 bits per heavy atom. The Kier molecular flexibility index (Phi) is 4.62. The van der Waals surface area contributed by atoms with Crippen molar-refractivity contribution in [2.45, 2.75) is 32.8 Å². The van der Waals surface area contributed by atoms with Gasteiger partial charge in [0.1, 0.15) is 11.9 Å². The van der Waals surface area contributed by atoms with Crippen molar-refractivity contribution < 1.29 is 19.4 Å². The topological polar surface area (TPSA) is 66.8 Å². The molecule has 1 aromatic rings. The Morgan fingerprint density at radius 3 is 2.76 bits per heavy atom. The number of anilines is 1. The third-order valence-electron chi connectivity index (χ3n) is 3.51.